The highest BCUT2D eigenvalue weighted by molar-refractivity contribution is 7.78. The number of aromatic nitrogens is 4. The molecule has 0 fully saturated rings. The van der Waals surface area contributed by atoms with Gasteiger partial charge in [0.2, 0.25) is 6.04 Å². The number of rotatable bonds is 7. The third kappa shape index (κ3) is 3.70. The van der Waals surface area contributed by atoms with Gasteiger partial charge in [0.25, 0.3) is 0 Å². The zero-order chi connectivity index (χ0) is 17.0. The summed E-state index contributed by atoms with van der Waals surface area (Å²) < 4.78 is 1.45. The number of hydrogen-bond donors (Lipinski definition) is 1. The van der Waals surface area contributed by atoms with E-state index in [0.717, 1.165) is 0 Å². The standard InChI is InChI=1S/C13H16N6O3S/c1-3-9(8(2)19(21)22)4-10(17-20)5-11-12-13(15-6-14-11)18(23)7-16-12/h4,6-8,10,23H,3,5H2,1-2H3. The highest BCUT2D eigenvalue weighted by atomic mass is 32.1. The van der Waals surface area contributed by atoms with Gasteiger partial charge in [0, 0.05) is 23.8 Å². The van der Waals surface area contributed by atoms with E-state index in [1.54, 1.807) is 13.0 Å². The third-order valence-corrected chi connectivity index (χ3v) is 3.89. The monoisotopic (exact) mass is 336 g/mol. The van der Waals surface area contributed by atoms with Crippen LogP contribution in [0.15, 0.2) is 29.5 Å². The first-order chi connectivity index (χ1) is 11.0. The van der Waals surface area contributed by atoms with Gasteiger partial charge in [0.1, 0.15) is 24.2 Å². The van der Waals surface area contributed by atoms with Gasteiger partial charge in [-0.05, 0) is 6.42 Å². The highest BCUT2D eigenvalue weighted by Gasteiger charge is 2.21. The van der Waals surface area contributed by atoms with Crippen molar-refractivity contribution in [3.63, 3.8) is 0 Å². The number of nitro groups is 1. The summed E-state index contributed by atoms with van der Waals surface area (Å²) in [4.78, 5) is 34.0. The first-order valence-corrected chi connectivity index (χ1v) is 7.40. The summed E-state index contributed by atoms with van der Waals surface area (Å²) >= 11 is 4.17. The van der Waals surface area contributed by atoms with Crippen molar-refractivity contribution >= 4 is 24.0 Å². The Morgan fingerprint density at radius 3 is 2.87 bits per heavy atom. The Bertz CT molecular complexity index is 759. The van der Waals surface area contributed by atoms with Gasteiger partial charge in [-0.1, -0.05) is 31.0 Å². The number of nitroso groups, excluding NO2 is 1. The van der Waals surface area contributed by atoms with E-state index in [9.17, 15) is 15.0 Å². The molecule has 0 aliphatic rings. The molecule has 0 aliphatic carbocycles. The first kappa shape index (κ1) is 17.0. The van der Waals surface area contributed by atoms with Gasteiger partial charge in [-0.25, -0.2) is 15.0 Å². The molecule has 0 bridgehead atoms. The molecule has 2 heterocycles. The van der Waals surface area contributed by atoms with Crippen LogP contribution in [0.5, 0.6) is 0 Å². The first-order valence-electron chi connectivity index (χ1n) is 7.00. The van der Waals surface area contributed by atoms with Crippen LogP contribution in [-0.2, 0) is 6.42 Å². The molecule has 2 aromatic rings. The summed E-state index contributed by atoms with van der Waals surface area (Å²) in [6.45, 7) is 3.29. The van der Waals surface area contributed by atoms with Crippen LogP contribution in [0, 0.1) is 15.0 Å². The molecule has 2 rings (SSSR count). The van der Waals surface area contributed by atoms with Crippen molar-refractivity contribution in [3.8, 4) is 0 Å². The zero-order valence-electron chi connectivity index (χ0n) is 12.7. The fraction of sp³-hybridized carbons (Fsp3) is 0.462. The maximum atomic E-state index is 11.1. The van der Waals surface area contributed by atoms with Gasteiger partial charge >= 0.3 is 0 Å². The van der Waals surface area contributed by atoms with E-state index in [2.05, 4.69) is 32.9 Å². The molecule has 0 amide bonds. The molecular formula is C13H16N6O3S. The average molecular weight is 336 g/mol. The van der Waals surface area contributed by atoms with Crippen molar-refractivity contribution in [3.05, 3.63) is 45.0 Å². The van der Waals surface area contributed by atoms with Gasteiger partial charge in [-0.15, -0.1) is 0 Å². The van der Waals surface area contributed by atoms with E-state index in [4.69, 9.17) is 0 Å². The lowest BCUT2D eigenvalue weighted by atomic mass is 10.0. The minimum atomic E-state index is -0.855. The minimum absolute atomic E-state index is 0.196. The van der Waals surface area contributed by atoms with Gasteiger partial charge in [0.15, 0.2) is 5.65 Å². The summed E-state index contributed by atoms with van der Waals surface area (Å²) in [5.41, 5.74) is 2.17. The van der Waals surface area contributed by atoms with E-state index >= 15 is 0 Å². The predicted molar refractivity (Wildman–Crippen MR) is 87.8 cm³/mol. The van der Waals surface area contributed by atoms with E-state index in [0.29, 0.717) is 28.9 Å². The van der Waals surface area contributed by atoms with Crippen LogP contribution in [0.25, 0.3) is 11.2 Å². The largest absolute Gasteiger partial charge is 0.264 e. The van der Waals surface area contributed by atoms with Gasteiger partial charge in [-0.3, -0.25) is 14.1 Å². The SMILES string of the molecule is CCC(=CC(Cc1ncnc2c1ncn2S)N=O)C(C)[N+](=O)[O-]. The van der Waals surface area contributed by atoms with Crippen LogP contribution in [0.4, 0.5) is 0 Å². The quantitative estimate of drug-likeness (QED) is 0.272. The van der Waals surface area contributed by atoms with Crippen LogP contribution < -0.4 is 0 Å². The molecule has 0 saturated carbocycles. The molecule has 2 unspecified atom stereocenters. The Labute approximate surface area is 137 Å². The Hall–Kier alpha value is -2.36. The Morgan fingerprint density at radius 1 is 1.52 bits per heavy atom. The molecule has 0 spiro atoms. The fourth-order valence-electron chi connectivity index (χ4n) is 2.28. The third-order valence-electron chi connectivity index (χ3n) is 3.60. The molecule has 9 nitrogen and oxygen atoms in total. The molecule has 0 N–H and O–H groups in total. The Morgan fingerprint density at radius 2 is 2.26 bits per heavy atom. The molecular weight excluding hydrogens is 320 g/mol. The van der Waals surface area contributed by atoms with Gasteiger partial charge in [0.05, 0.1) is 5.69 Å². The lowest BCUT2D eigenvalue weighted by molar-refractivity contribution is -0.508. The van der Waals surface area contributed by atoms with Crippen molar-refractivity contribution in [1.82, 2.24) is 18.9 Å². The maximum absolute atomic E-state index is 11.1. The number of imidazole rings is 1. The van der Waals surface area contributed by atoms with Crippen LogP contribution in [0.3, 0.4) is 0 Å². The molecule has 2 aromatic heterocycles. The second kappa shape index (κ2) is 7.27. The molecule has 23 heavy (non-hydrogen) atoms. The molecule has 2 atom stereocenters. The zero-order valence-corrected chi connectivity index (χ0v) is 13.6. The second-order valence-electron chi connectivity index (χ2n) is 5.02. The lowest BCUT2D eigenvalue weighted by Gasteiger charge is -2.10. The summed E-state index contributed by atoms with van der Waals surface area (Å²) in [6.07, 6.45) is 5.06. The van der Waals surface area contributed by atoms with Gasteiger partial charge in [-0.2, -0.15) is 4.91 Å². The molecule has 0 radical (unpaired) electrons. The normalized spacial score (nSPS) is 14.7. The average Bonchev–Trinajstić information content (AvgIpc) is 2.93. The van der Waals surface area contributed by atoms with Crippen LogP contribution >= 0.6 is 12.8 Å². The van der Waals surface area contributed by atoms with Crippen LogP contribution in [-0.4, -0.2) is 35.9 Å². The smallest absolute Gasteiger partial charge is 0.231 e. The van der Waals surface area contributed by atoms with E-state index in [1.807, 2.05) is 0 Å². The van der Waals surface area contributed by atoms with E-state index in [1.165, 1.54) is 23.6 Å². The van der Waals surface area contributed by atoms with Crippen molar-refractivity contribution in [2.45, 2.75) is 38.8 Å². The van der Waals surface area contributed by atoms with Crippen molar-refractivity contribution in [2.75, 3.05) is 0 Å². The van der Waals surface area contributed by atoms with Crippen molar-refractivity contribution in [1.29, 1.82) is 0 Å². The number of fused-ring (bicyclic) bond motifs is 1. The molecule has 10 heteroatoms. The Balaban J connectivity index is 2.31. The maximum Gasteiger partial charge on any atom is 0.231 e. The fourth-order valence-corrected chi connectivity index (χ4v) is 2.48. The lowest BCUT2D eigenvalue weighted by Crippen LogP contribution is -2.19. The number of thiol groups is 1. The summed E-state index contributed by atoms with van der Waals surface area (Å²) in [5, 5.41) is 14.0. The second-order valence-corrected chi connectivity index (χ2v) is 5.45. The number of hydrogen-bond acceptors (Lipinski definition) is 8. The summed E-state index contributed by atoms with van der Waals surface area (Å²) in [6, 6.07) is -1.61. The molecule has 0 aromatic carbocycles. The highest BCUT2D eigenvalue weighted by Crippen LogP contribution is 2.18. The van der Waals surface area contributed by atoms with Crippen molar-refractivity contribution in [2.24, 2.45) is 5.18 Å². The van der Waals surface area contributed by atoms with E-state index in [-0.39, 0.29) is 11.3 Å². The van der Waals surface area contributed by atoms with E-state index < -0.39 is 12.1 Å². The number of nitrogens with zero attached hydrogens (tertiary/aromatic N) is 6. The molecule has 122 valence electrons. The molecule has 0 aliphatic heterocycles. The Kier molecular flexibility index (Phi) is 5.37. The molecule has 0 saturated heterocycles. The van der Waals surface area contributed by atoms with Crippen molar-refractivity contribution < 1.29 is 4.92 Å². The topological polar surface area (TPSA) is 116 Å². The predicted octanol–water partition coefficient (Wildman–Crippen LogP) is 2.20. The summed E-state index contributed by atoms with van der Waals surface area (Å²) in [7, 11) is 0. The minimum Gasteiger partial charge on any atom is -0.264 e. The summed E-state index contributed by atoms with van der Waals surface area (Å²) in [5.74, 6) is 0. The van der Waals surface area contributed by atoms with Crippen LogP contribution in [0.1, 0.15) is 26.0 Å². The van der Waals surface area contributed by atoms with Gasteiger partial charge < -0.3 is 0 Å². The van der Waals surface area contributed by atoms with Crippen LogP contribution in [0.2, 0.25) is 0 Å².